The van der Waals surface area contributed by atoms with E-state index in [0.29, 0.717) is 0 Å². The molecule has 1 aromatic heterocycles. The second-order valence-corrected chi connectivity index (χ2v) is 24.2. The van der Waals surface area contributed by atoms with E-state index < -0.39 is 0 Å². The fourth-order valence-corrected chi connectivity index (χ4v) is 15.5. The van der Waals surface area contributed by atoms with Crippen LogP contribution in [0.1, 0.15) is 83.3 Å². The quantitative estimate of drug-likeness (QED) is 0.148. The Hall–Kier alpha value is -9.47. The topological polar surface area (TPSA) is 12.9 Å². The molecule has 0 unspecified atom stereocenters. The first kappa shape index (κ1) is 47.5. The van der Waals surface area contributed by atoms with Gasteiger partial charge in [-0.15, -0.1) is 11.3 Å². The molecule has 16 rings (SSSR count). The van der Waals surface area contributed by atoms with Gasteiger partial charge in [0.05, 0.1) is 10.2 Å². The van der Waals surface area contributed by atoms with Gasteiger partial charge in [0.25, 0.3) is 0 Å². The summed E-state index contributed by atoms with van der Waals surface area (Å²) in [4.78, 5) is 5.77. The van der Waals surface area contributed by atoms with E-state index in [1.807, 2.05) is 0 Å². The highest BCUT2D eigenvalue weighted by atomic mass is 32.1. The highest BCUT2D eigenvalue weighted by Crippen LogP contribution is 2.68. The molecule has 382 valence electrons. The summed E-state index contributed by atoms with van der Waals surface area (Å²) in [7, 11) is 0. The van der Waals surface area contributed by atoms with Crippen molar-refractivity contribution < 1.29 is 0 Å². The van der Waals surface area contributed by atoms with Crippen molar-refractivity contribution in [1.29, 1.82) is 0 Å². The molecular weight excluding hydrogens is 995 g/mol. The predicted molar refractivity (Wildman–Crippen MR) is 342 cm³/mol. The molecule has 1 heterocycles. The second-order valence-electron chi connectivity index (χ2n) is 23.2. The molecule has 0 bridgehead atoms. The van der Waals surface area contributed by atoms with E-state index in [9.17, 15) is 0 Å². The smallest absolute Gasteiger partial charge is 0.125 e. The Labute approximate surface area is 478 Å². The number of hydrogen-bond acceptors (Lipinski definition) is 2. The maximum Gasteiger partial charge on any atom is 0.125 e. The van der Waals surface area contributed by atoms with Crippen molar-refractivity contribution >= 4 is 49.4 Å². The summed E-state index contributed by atoms with van der Waals surface area (Å²) in [5.41, 5.74) is 34.2. The molecule has 1 nitrogen and oxygen atoms in total. The molecule has 12 aromatic rings. The van der Waals surface area contributed by atoms with Gasteiger partial charge < -0.3 is 0 Å². The lowest BCUT2D eigenvalue weighted by atomic mass is 9.76. The van der Waals surface area contributed by atoms with E-state index in [2.05, 4.69) is 289 Å². The summed E-state index contributed by atoms with van der Waals surface area (Å²) in [5, 5.41) is 1.00. The van der Waals surface area contributed by atoms with Crippen LogP contribution in [-0.2, 0) is 10.8 Å². The van der Waals surface area contributed by atoms with Gasteiger partial charge >= 0.3 is 0 Å². The minimum absolute atomic E-state index is 0.158. The Morgan fingerprint density at radius 3 is 1.11 bits per heavy atom. The van der Waals surface area contributed by atoms with E-state index in [4.69, 9.17) is 4.98 Å². The van der Waals surface area contributed by atoms with Gasteiger partial charge in [0.15, 0.2) is 0 Å². The fraction of sp³-hybridized carbons (Fsp3) is 0.0759. The summed E-state index contributed by atoms with van der Waals surface area (Å²) in [5.74, 6) is 0. The summed E-state index contributed by atoms with van der Waals surface area (Å²) >= 11 is 1.80. The molecule has 0 aliphatic heterocycles. The Kier molecular flexibility index (Phi) is 10.6. The number of aromatic nitrogens is 1. The van der Waals surface area contributed by atoms with Crippen LogP contribution in [0.3, 0.4) is 0 Å². The van der Waals surface area contributed by atoms with E-state index in [0.717, 1.165) is 37.5 Å². The average Bonchev–Trinajstić information content (AvgIpc) is 1.91. The number of rotatable bonds is 8. The molecule has 0 N–H and O–H groups in total. The largest absolute Gasteiger partial charge is 0.236 e. The molecule has 0 saturated heterocycles. The zero-order chi connectivity index (χ0) is 54.1. The van der Waals surface area contributed by atoms with Crippen LogP contribution >= 0.6 is 11.3 Å². The monoisotopic (exact) mass is 1050 g/mol. The normalized spacial score (nSPS) is 15.0. The third-order valence-electron chi connectivity index (χ3n) is 18.1. The van der Waals surface area contributed by atoms with Gasteiger partial charge in [-0.25, -0.2) is 4.98 Å². The lowest BCUT2D eigenvalue weighted by molar-refractivity contribution is 0.660. The summed E-state index contributed by atoms with van der Waals surface area (Å²) < 4.78 is 1.16. The number of allylic oxidation sites excluding steroid dienone is 5. The standard InChI is InChI=1S/C79H55NS/c1-78(2)59-38-22-20-36-55(59)57-46-53(42-44-61(57)78)70-66(49-28-12-6-13-29-49)67(50-30-14-7-15-31-50)72-71(54-43-45-62-58(47-54)56-37-21-23-39-60(56)79(62,3)4)75-73(74(70)72)68(51-32-16-8-17-33-51)65(48-26-10-5-11-27-48)69(52-34-18-9-19-35-52)76(75)77-80-63-40-24-25-41-64(63)81-77/h5-47H,1-4H3. The van der Waals surface area contributed by atoms with Gasteiger partial charge in [0, 0.05) is 33.1 Å². The Morgan fingerprint density at radius 1 is 0.259 bits per heavy atom. The Balaban J connectivity index is 1.18. The van der Waals surface area contributed by atoms with Crippen LogP contribution < -0.4 is 0 Å². The molecule has 0 amide bonds. The molecular formula is C79H55NS. The van der Waals surface area contributed by atoms with Crippen molar-refractivity contribution in [2.75, 3.05) is 0 Å². The number of hydrogen-bond donors (Lipinski definition) is 0. The molecule has 0 saturated carbocycles. The molecule has 2 heteroatoms. The van der Waals surface area contributed by atoms with Crippen molar-refractivity contribution in [3.8, 4) is 66.2 Å². The van der Waals surface area contributed by atoms with Crippen molar-refractivity contribution in [3.05, 3.63) is 322 Å². The number of thiazole rings is 1. The summed E-state index contributed by atoms with van der Waals surface area (Å²) in [6, 6.07) is 97.9. The first-order chi connectivity index (χ1) is 39.8. The van der Waals surface area contributed by atoms with Gasteiger partial charge in [-0.3, -0.25) is 0 Å². The fourth-order valence-electron chi connectivity index (χ4n) is 14.5. The van der Waals surface area contributed by atoms with Crippen molar-refractivity contribution in [2.45, 2.75) is 38.5 Å². The molecule has 4 aliphatic carbocycles. The third-order valence-corrected chi connectivity index (χ3v) is 19.1. The lowest BCUT2D eigenvalue weighted by Crippen LogP contribution is -2.14. The minimum Gasteiger partial charge on any atom is -0.236 e. The predicted octanol–water partition coefficient (Wildman–Crippen LogP) is 20.9. The molecule has 0 radical (unpaired) electrons. The zero-order valence-corrected chi connectivity index (χ0v) is 46.5. The number of benzene rings is 11. The van der Waals surface area contributed by atoms with Gasteiger partial charge in [-0.2, -0.15) is 0 Å². The van der Waals surface area contributed by atoms with E-state index in [1.165, 1.54) is 128 Å². The molecule has 0 spiro atoms. The minimum atomic E-state index is -0.171. The Bertz CT molecular complexity index is 4650. The highest BCUT2D eigenvalue weighted by Gasteiger charge is 2.46. The van der Waals surface area contributed by atoms with Gasteiger partial charge in [0.1, 0.15) is 5.01 Å². The maximum atomic E-state index is 5.77. The van der Waals surface area contributed by atoms with Crippen LogP contribution in [0.5, 0.6) is 0 Å². The molecule has 4 aliphatic rings. The highest BCUT2D eigenvalue weighted by molar-refractivity contribution is 7.21. The van der Waals surface area contributed by atoms with Crippen LogP contribution in [0, 0.1) is 0 Å². The van der Waals surface area contributed by atoms with Crippen LogP contribution in [0.4, 0.5) is 0 Å². The van der Waals surface area contributed by atoms with Crippen molar-refractivity contribution in [1.82, 2.24) is 4.98 Å². The summed E-state index contributed by atoms with van der Waals surface area (Å²) in [6.45, 7) is 9.56. The van der Waals surface area contributed by atoms with Crippen molar-refractivity contribution in [2.24, 2.45) is 0 Å². The molecule has 81 heavy (non-hydrogen) atoms. The summed E-state index contributed by atoms with van der Waals surface area (Å²) in [6.07, 6.45) is 0. The zero-order valence-electron chi connectivity index (χ0n) is 45.7. The third kappa shape index (κ3) is 7.00. The maximum absolute atomic E-state index is 5.77. The van der Waals surface area contributed by atoms with Crippen LogP contribution in [0.25, 0.3) is 104 Å². The number of fused-ring (bicyclic) bond motifs is 10. The molecule has 0 atom stereocenters. The van der Waals surface area contributed by atoms with Crippen LogP contribution in [0.15, 0.2) is 266 Å². The van der Waals surface area contributed by atoms with E-state index >= 15 is 0 Å². The molecule has 11 aromatic carbocycles. The van der Waals surface area contributed by atoms with Crippen molar-refractivity contribution in [3.63, 3.8) is 0 Å². The first-order valence-electron chi connectivity index (χ1n) is 28.4. The van der Waals surface area contributed by atoms with Crippen LogP contribution in [0.2, 0.25) is 0 Å². The Morgan fingerprint density at radius 2 is 0.617 bits per heavy atom. The number of nitrogens with zero attached hydrogens (tertiary/aromatic N) is 1. The average molecular weight is 1050 g/mol. The van der Waals surface area contributed by atoms with E-state index in [-0.39, 0.29) is 10.8 Å². The molecule has 0 fully saturated rings. The second kappa shape index (κ2) is 18.0. The first-order valence-corrected chi connectivity index (χ1v) is 29.2. The van der Waals surface area contributed by atoms with Gasteiger partial charge in [-0.05, 0) is 152 Å². The SMILES string of the molecule is CC1(C)c2ccccc2-c2cc(C3=C4C(=C(c5ccc6c(c5)-c5ccccc5C6(C)C)c5c4c(-c4ccccc4)c(-c4ccccc4)c(-c4ccccc4)c5-c4nc5ccccc5s4)C(c4ccccc4)=C3c3ccccc3)ccc21. The van der Waals surface area contributed by atoms with Gasteiger partial charge in [-0.1, -0.05) is 264 Å². The lowest BCUT2D eigenvalue weighted by Gasteiger charge is -2.27. The van der Waals surface area contributed by atoms with Crippen LogP contribution in [-0.4, -0.2) is 4.98 Å². The number of para-hydroxylation sites is 1. The van der Waals surface area contributed by atoms with Gasteiger partial charge in [0.2, 0.25) is 0 Å². The van der Waals surface area contributed by atoms with E-state index in [1.54, 1.807) is 11.3 Å².